The first-order valence-corrected chi connectivity index (χ1v) is 8.46. The van der Waals surface area contributed by atoms with Gasteiger partial charge in [0.2, 0.25) is 0 Å². The Morgan fingerprint density at radius 3 is 2.83 bits per heavy atom. The predicted molar refractivity (Wildman–Crippen MR) is 91.9 cm³/mol. The van der Waals surface area contributed by atoms with E-state index in [4.69, 9.17) is 4.74 Å². The Kier molecular flexibility index (Phi) is 7.29. The van der Waals surface area contributed by atoms with Gasteiger partial charge in [0.25, 0.3) is 5.91 Å². The molecule has 0 spiro atoms. The monoisotopic (exact) mass is 320 g/mol. The highest BCUT2D eigenvalue weighted by atomic mass is 16.5. The number of carbonyl (C=O) groups is 1. The van der Waals surface area contributed by atoms with Gasteiger partial charge in [-0.1, -0.05) is 13.3 Å². The fraction of sp³-hybridized carbons (Fsp3) is 0.647. The molecule has 128 valence electrons. The Morgan fingerprint density at radius 1 is 1.39 bits per heavy atom. The zero-order chi connectivity index (χ0) is 16.5. The van der Waals surface area contributed by atoms with Crippen LogP contribution in [0.5, 0.6) is 0 Å². The van der Waals surface area contributed by atoms with Gasteiger partial charge in [0.15, 0.2) is 0 Å². The third kappa shape index (κ3) is 5.80. The molecule has 1 aliphatic rings. The van der Waals surface area contributed by atoms with Gasteiger partial charge in [0.1, 0.15) is 5.69 Å². The van der Waals surface area contributed by atoms with E-state index in [1.807, 2.05) is 13.1 Å². The Bertz CT molecular complexity index is 472. The van der Waals surface area contributed by atoms with Gasteiger partial charge in [0, 0.05) is 39.8 Å². The number of nitrogens with one attached hydrogen (secondary N) is 1. The van der Waals surface area contributed by atoms with E-state index in [9.17, 15) is 4.79 Å². The van der Waals surface area contributed by atoms with Crippen LogP contribution in [0.4, 0.5) is 5.69 Å². The van der Waals surface area contributed by atoms with Gasteiger partial charge in [-0.05, 0) is 18.6 Å². The zero-order valence-electron chi connectivity index (χ0n) is 14.3. The molecule has 1 aliphatic heterocycles. The molecule has 6 heteroatoms. The Labute approximate surface area is 138 Å². The normalized spacial score (nSPS) is 15.4. The van der Waals surface area contributed by atoms with Crippen molar-refractivity contribution < 1.29 is 9.53 Å². The van der Waals surface area contributed by atoms with Crippen molar-refractivity contribution in [2.75, 3.05) is 58.3 Å². The summed E-state index contributed by atoms with van der Waals surface area (Å²) < 4.78 is 5.34. The summed E-state index contributed by atoms with van der Waals surface area (Å²) >= 11 is 0. The molecule has 0 aromatic carbocycles. The molecule has 1 N–H and O–H groups in total. The van der Waals surface area contributed by atoms with Crippen molar-refractivity contribution in [3.05, 3.63) is 24.0 Å². The van der Waals surface area contributed by atoms with Crippen LogP contribution >= 0.6 is 0 Å². The molecule has 1 aromatic rings. The molecule has 2 heterocycles. The summed E-state index contributed by atoms with van der Waals surface area (Å²) in [6, 6.07) is 3.72. The smallest absolute Gasteiger partial charge is 0.272 e. The number of unbranched alkanes of at least 4 members (excludes halogenated alkanes) is 1. The second kappa shape index (κ2) is 9.47. The van der Waals surface area contributed by atoms with E-state index in [2.05, 4.69) is 22.1 Å². The Morgan fingerprint density at radius 2 is 2.17 bits per heavy atom. The third-order valence-electron chi connectivity index (χ3n) is 4.04. The van der Waals surface area contributed by atoms with Gasteiger partial charge in [0.05, 0.1) is 25.1 Å². The molecule has 0 saturated carbocycles. The number of hydrogen-bond acceptors (Lipinski definition) is 5. The van der Waals surface area contributed by atoms with Crippen LogP contribution in [0.25, 0.3) is 0 Å². The summed E-state index contributed by atoms with van der Waals surface area (Å²) in [6.45, 7) is 8.39. The molecular formula is C17H28N4O2. The molecule has 23 heavy (non-hydrogen) atoms. The van der Waals surface area contributed by atoms with E-state index in [0.29, 0.717) is 5.69 Å². The van der Waals surface area contributed by atoms with Gasteiger partial charge in [-0.3, -0.25) is 9.69 Å². The van der Waals surface area contributed by atoms with Crippen LogP contribution in [-0.4, -0.2) is 73.7 Å². The van der Waals surface area contributed by atoms with Crippen molar-refractivity contribution in [2.24, 2.45) is 0 Å². The molecule has 1 aromatic heterocycles. The average molecular weight is 320 g/mol. The number of aromatic nitrogens is 1. The van der Waals surface area contributed by atoms with Crippen molar-refractivity contribution in [1.82, 2.24) is 14.8 Å². The van der Waals surface area contributed by atoms with Crippen molar-refractivity contribution in [3.63, 3.8) is 0 Å². The first kappa shape index (κ1) is 17.7. The summed E-state index contributed by atoms with van der Waals surface area (Å²) in [5, 5.41) is 3.35. The quantitative estimate of drug-likeness (QED) is 0.790. The van der Waals surface area contributed by atoms with Gasteiger partial charge in [-0.25, -0.2) is 4.98 Å². The Balaban J connectivity index is 1.76. The summed E-state index contributed by atoms with van der Waals surface area (Å²) in [4.78, 5) is 20.6. The number of nitrogens with zero attached hydrogens (tertiary/aromatic N) is 3. The van der Waals surface area contributed by atoms with Crippen LogP contribution in [0.1, 0.15) is 30.3 Å². The number of pyridine rings is 1. The fourth-order valence-corrected chi connectivity index (χ4v) is 2.50. The van der Waals surface area contributed by atoms with Crippen LogP contribution < -0.4 is 5.32 Å². The third-order valence-corrected chi connectivity index (χ3v) is 4.04. The molecule has 2 rings (SSSR count). The number of morpholine rings is 1. The maximum absolute atomic E-state index is 12.2. The summed E-state index contributed by atoms with van der Waals surface area (Å²) in [6.07, 6.45) is 3.83. The number of ether oxygens (including phenoxy) is 1. The average Bonchev–Trinajstić information content (AvgIpc) is 2.60. The van der Waals surface area contributed by atoms with Gasteiger partial charge in [-0.2, -0.15) is 0 Å². The minimum Gasteiger partial charge on any atom is -0.383 e. The SMILES string of the molecule is CCCCN(C)C(=O)c1ccc(NCCN2CCOCC2)cn1. The lowest BCUT2D eigenvalue weighted by Gasteiger charge is -2.26. The maximum atomic E-state index is 12.2. The second-order valence-corrected chi connectivity index (χ2v) is 5.89. The maximum Gasteiger partial charge on any atom is 0.272 e. The number of carbonyl (C=O) groups excluding carboxylic acids is 1. The molecule has 6 nitrogen and oxygen atoms in total. The van der Waals surface area contributed by atoms with Crippen LogP contribution in [-0.2, 0) is 4.74 Å². The van der Waals surface area contributed by atoms with Crippen LogP contribution in [0.3, 0.4) is 0 Å². The summed E-state index contributed by atoms with van der Waals surface area (Å²) in [5.74, 6) is -0.0154. The highest BCUT2D eigenvalue weighted by Gasteiger charge is 2.12. The fourth-order valence-electron chi connectivity index (χ4n) is 2.50. The summed E-state index contributed by atoms with van der Waals surface area (Å²) in [7, 11) is 1.83. The van der Waals surface area contributed by atoms with Crippen molar-refractivity contribution in [3.8, 4) is 0 Å². The van der Waals surface area contributed by atoms with E-state index in [0.717, 1.165) is 64.5 Å². The van der Waals surface area contributed by atoms with E-state index in [1.54, 1.807) is 17.2 Å². The second-order valence-electron chi connectivity index (χ2n) is 5.89. The largest absolute Gasteiger partial charge is 0.383 e. The molecular weight excluding hydrogens is 292 g/mol. The summed E-state index contributed by atoms with van der Waals surface area (Å²) in [5.41, 5.74) is 1.45. The molecule has 0 atom stereocenters. The standard InChI is InChI=1S/C17H28N4O2/c1-3-4-8-20(2)17(22)16-6-5-15(14-19-16)18-7-9-21-10-12-23-13-11-21/h5-6,14,18H,3-4,7-13H2,1-2H3. The number of amides is 1. The number of hydrogen-bond donors (Lipinski definition) is 1. The molecule has 0 bridgehead atoms. The first-order chi connectivity index (χ1) is 11.2. The molecule has 0 aliphatic carbocycles. The minimum atomic E-state index is -0.0154. The van der Waals surface area contributed by atoms with E-state index in [1.165, 1.54) is 0 Å². The molecule has 1 saturated heterocycles. The highest BCUT2D eigenvalue weighted by Crippen LogP contribution is 2.08. The van der Waals surface area contributed by atoms with E-state index < -0.39 is 0 Å². The van der Waals surface area contributed by atoms with Crippen molar-refractivity contribution in [1.29, 1.82) is 0 Å². The van der Waals surface area contributed by atoms with Crippen molar-refractivity contribution >= 4 is 11.6 Å². The highest BCUT2D eigenvalue weighted by molar-refractivity contribution is 5.92. The van der Waals surface area contributed by atoms with Gasteiger partial charge >= 0.3 is 0 Å². The molecule has 1 fully saturated rings. The first-order valence-electron chi connectivity index (χ1n) is 8.46. The van der Waals surface area contributed by atoms with E-state index in [-0.39, 0.29) is 5.91 Å². The predicted octanol–water partition coefficient (Wildman–Crippen LogP) is 1.70. The number of anilines is 1. The van der Waals surface area contributed by atoms with Crippen LogP contribution in [0, 0.1) is 0 Å². The molecule has 1 amide bonds. The van der Waals surface area contributed by atoms with Gasteiger partial charge < -0.3 is 15.0 Å². The molecule has 0 radical (unpaired) electrons. The lowest BCUT2D eigenvalue weighted by atomic mass is 10.2. The van der Waals surface area contributed by atoms with Crippen LogP contribution in [0.15, 0.2) is 18.3 Å². The van der Waals surface area contributed by atoms with Crippen molar-refractivity contribution in [2.45, 2.75) is 19.8 Å². The lowest BCUT2D eigenvalue weighted by Crippen LogP contribution is -2.39. The molecule has 0 unspecified atom stereocenters. The zero-order valence-corrected chi connectivity index (χ0v) is 14.3. The lowest BCUT2D eigenvalue weighted by molar-refractivity contribution is 0.0398. The van der Waals surface area contributed by atoms with E-state index >= 15 is 0 Å². The van der Waals surface area contributed by atoms with Gasteiger partial charge in [-0.15, -0.1) is 0 Å². The topological polar surface area (TPSA) is 57.7 Å². The minimum absolute atomic E-state index is 0.0154. The number of rotatable bonds is 8. The van der Waals surface area contributed by atoms with Crippen LogP contribution in [0.2, 0.25) is 0 Å². The Hall–Kier alpha value is -1.66.